The zero-order chi connectivity index (χ0) is 20.8. The van der Waals surface area contributed by atoms with Crippen molar-refractivity contribution in [2.24, 2.45) is 0 Å². The van der Waals surface area contributed by atoms with Gasteiger partial charge in [-0.15, -0.1) is 0 Å². The number of rotatable bonds is 3. The first-order valence-electron chi connectivity index (χ1n) is 9.51. The second-order valence-electron chi connectivity index (χ2n) is 7.53. The van der Waals surface area contributed by atoms with Gasteiger partial charge in [0.25, 0.3) is 0 Å². The van der Waals surface area contributed by atoms with Crippen molar-refractivity contribution in [3.8, 4) is 0 Å². The summed E-state index contributed by atoms with van der Waals surface area (Å²) in [5, 5.41) is 10.9. The van der Waals surface area contributed by atoms with E-state index in [1.807, 2.05) is 42.2 Å². The highest BCUT2D eigenvalue weighted by Crippen LogP contribution is 2.40. The fraction of sp³-hybridized carbons (Fsp3) is 0.318. The van der Waals surface area contributed by atoms with Gasteiger partial charge in [-0.25, -0.2) is 0 Å². The van der Waals surface area contributed by atoms with Crippen molar-refractivity contribution in [1.29, 1.82) is 0 Å². The van der Waals surface area contributed by atoms with Gasteiger partial charge in [-0.2, -0.15) is 13.2 Å². The minimum Gasteiger partial charge on any atom is -0.386 e. The lowest BCUT2D eigenvalue weighted by Gasteiger charge is -2.34. The molecule has 0 saturated carbocycles. The number of hydrogen-bond donors (Lipinski definition) is 2. The summed E-state index contributed by atoms with van der Waals surface area (Å²) in [7, 11) is 0. The van der Waals surface area contributed by atoms with Crippen molar-refractivity contribution in [2.75, 3.05) is 4.90 Å². The molecule has 7 heteroatoms. The molecule has 0 bridgehead atoms. The number of aliphatic hydroxyl groups excluding tert-OH is 1. The van der Waals surface area contributed by atoms with Crippen molar-refractivity contribution >= 4 is 16.6 Å². The topological polar surface area (TPSA) is 56.3 Å². The van der Waals surface area contributed by atoms with Crippen LogP contribution in [0.1, 0.15) is 37.0 Å². The molecule has 1 aliphatic heterocycles. The van der Waals surface area contributed by atoms with Crippen molar-refractivity contribution < 1.29 is 18.3 Å². The van der Waals surface area contributed by atoms with E-state index < -0.39 is 23.4 Å². The van der Waals surface area contributed by atoms with Crippen molar-refractivity contribution in [3.05, 3.63) is 76.1 Å². The van der Waals surface area contributed by atoms with Crippen molar-refractivity contribution in [3.63, 3.8) is 0 Å². The van der Waals surface area contributed by atoms with Gasteiger partial charge in [-0.3, -0.25) is 4.79 Å². The van der Waals surface area contributed by atoms with Gasteiger partial charge >= 0.3 is 6.18 Å². The largest absolute Gasteiger partial charge is 0.417 e. The molecule has 2 aromatic carbocycles. The summed E-state index contributed by atoms with van der Waals surface area (Å²) in [6.45, 7) is 2.00. The smallest absolute Gasteiger partial charge is 0.386 e. The van der Waals surface area contributed by atoms with Crippen LogP contribution in [0.5, 0.6) is 0 Å². The summed E-state index contributed by atoms with van der Waals surface area (Å²) >= 11 is 0. The highest BCUT2D eigenvalue weighted by molar-refractivity contribution is 5.86. The second kappa shape index (κ2) is 7.22. The molecular weight excluding hydrogens is 381 g/mol. The van der Waals surface area contributed by atoms with Gasteiger partial charge in [0.15, 0.2) is 0 Å². The molecule has 2 N–H and O–H groups in total. The van der Waals surface area contributed by atoms with Gasteiger partial charge in [-0.1, -0.05) is 30.3 Å². The minimum atomic E-state index is -4.63. The van der Waals surface area contributed by atoms with Crippen LogP contribution in [0.2, 0.25) is 0 Å². The Morgan fingerprint density at radius 3 is 2.52 bits per heavy atom. The number of nitrogens with one attached hydrogen (secondary N) is 1. The Labute approximate surface area is 165 Å². The highest BCUT2D eigenvalue weighted by atomic mass is 19.4. The maximum absolute atomic E-state index is 13.5. The molecule has 1 fully saturated rings. The van der Waals surface area contributed by atoms with Crippen LogP contribution in [0.25, 0.3) is 10.9 Å². The summed E-state index contributed by atoms with van der Waals surface area (Å²) in [4.78, 5) is 16.1. The number of aliphatic hydroxyl groups is 1. The zero-order valence-electron chi connectivity index (χ0n) is 15.8. The SMILES string of the molecule is CC1CCC(C(O)c2ccccc2)N1c1ccc2[nH]c(=O)cc(C(F)(F)F)c2c1. The number of hydrogen-bond acceptors (Lipinski definition) is 3. The third-order valence-corrected chi connectivity index (χ3v) is 5.65. The van der Waals surface area contributed by atoms with Gasteiger partial charge in [-0.05, 0) is 43.5 Å². The first-order valence-corrected chi connectivity index (χ1v) is 9.51. The third-order valence-electron chi connectivity index (χ3n) is 5.65. The average Bonchev–Trinajstić information content (AvgIpc) is 3.07. The Morgan fingerprint density at radius 1 is 1.10 bits per heavy atom. The molecule has 4 nitrogen and oxygen atoms in total. The molecule has 1 saturated heterocycles. The van der Waals surface area contributed by atoms with Crippen LogP contribution in [-0.2, 0) is 6.18 Å². The summed E-state index contributed by atoms with van der Waals surface area (Å²) in [6, 6.07) is 14.3. The molecule has 0 radical (unpaired) electrons. The van der Waals surface area contributed by atoms with E-state index in [-0.39, 0.29) is 23.0 Å². The van der Waals surface area contributed by atoms with Crippen LogP contribution in [0, 0.1) is 0 Å². The standard InChI is InChI=1S/C22H21F3N2O2/c1-13-7-10-19(21(29)14-5-3-2-4-6-14)27(13)15-8-9-18-16(11-15)17(22(23,24)25)12-20(28)26-18/h2-6,8-9,11-13,19,21,29H,7,10H2,1H3,(H,26,28). The molecule has 4 rings (SSSR count). The van der Waals surface area contributed by atoms with Crippen LogP contribution >= 0.6 is 0 Å². The molecule has 0 spiro atoms. The third kappa shape index (κ3) is 3.62. The molecular formula is C22H21F3N2O2. The number of H-pyrrole nitrogens is 1. The fourth-order valence-electron chi connectivity index (χ4n) is 4.28. The highest BCUT2D eigenvalue weighted by Gasteiger charge is 2.37. The lowest BCUT2D eigenvalue weighted by atomic mass is 9.99. The number of fused-ring (bicyclic) bond motifs is 1. The van der Waals surface area contributed by atoms with Crippen LogP contribution < -0.4 is 10.5 Å². The Kier molecular flexibility index (Phi) is 4.86. The Morgan fingerprint density at radius 2 is 1.83 bits per heavy atom. The number of pyridine rings is 1. The maximum atomic E-state index is 13.5. The van der Waals surface area contributed by atoms with Crippen LogP contribution in [0.4, 0.5) is 18.9 Å². The molecule has 2 heterocycles. The quantitative estimate of drug-likeness (QED) is 0.671. The van der Waals surface area contributed by atoms with Crippen LogP contribution in [0.15, 0.2) is 59.4 Å². The predicted molar refractivity (Wildman–Crippen MR) is 106 cm³/mol. The van der Waals surface area contributed by atoms with E-state index >= 15 is 0 Å². The van der Waals surface area contributed by atoms with Crippen LogP contribution in [-0.4, -0.2) is 22.2 Å². The number of aromatic nitrogens is 1. The molecule has 0 aliphatic carbocycles. The number of aromatic amines is 1. The summed E-state index contributed by atoms with van der Waals surface area (Å²) in [6.07, 6.45) is -3.84. The minimum absolute atomic E-state index is 0.0540. The summed E-state index contributed by atoms with van der Waals surface area (Å²) in [5.74, 6) is 0. The van der Waals surface area contributed by atoms with E-state index in [1.54, 1.807) is 6.07 Å². The van der Waals surface area contributed by atoms with E-state index in [9.17, 15) is 23.1 Å². The van der Waals surface area contributed by atoms with Crippen molar-refractivity contribution in [1.82, 2.24) is 4.98 Å². The summed E-state index contributed by atoms with van der Waals surface area (Å²) in [5.41, 5.74) is -0.229. The maximum Gasteiger partial charge on any atom is 0.417 e. The number of benzene rings is 2. The van der Waals surface area contributed by atoms with Gasteiger partial charge in [0.2, 0.25) is 5.56 Å². The molecule has 3 unspecified atom stereocenters. The normalized spacial score (nSPS) is 20.9. The second-order valence-corrected chi connectivity index (χ2v) is 7.53. The van der Waals surface area contributed by atoms with Gasteiger partial charge in [0.1, 0.15) is 0 Å². The Bertz CT molecular complexity index is 1080. The zero-order valence-corrected chi connectivity index (χ0v) is 15.8. The van der Waals surface area contributed by atoms with Crippen molar-refractivity contribution in [2.45, 2.75) is 44.1 Å². The number of halogens is 3. The molecule has 152 valence electrons. The van der Waals surface area contributed by atoms with E-state index in [0.717, 1.165) is 18.4 Å². The molecule has 3 aromatic rings. The molecule has 1 aliphatic rings. The number of anilines is 1. The van der Waals surface area contributed by atoms with E-state index in [4.69, 9.17) is 0 Å². The molecule has 1 aromatic heterocycles. The average molecular weight is 402 g/mol. The van der Waals surface area contributed by atoms with E-state index in [0.29, 0.717) is 11.8 Å². The van der Waals surface area contributed by atoms with E-state index in [1.165, 1.54) is 12.1 Å². The number of nitrogens with zero attached hydrogens (tertiary/aromatic N) is 1. The van der Waals surface area contributed by atoms with Gasteiger partial charge < -0.3 is 15.0 Å². The first kappa shape index (κ1) is 19.5. The van der Waals surface area contributed by atoms with Gasteiger partial charge in [0, 0.05) is 28.7 Å². The lowest BCUT2D eigenvalue weighted by Crippen LogP contribution is -2.38. The first-order chi connectivity index (χ1) is 13.8. The predicted octanol–water partition coefficient (Wildman–Crippen LogP) is 4.64. The molecule has 3 atom stereocenters. The Hall–Kier alpha value is -2.80. The molecule has 0 amide bonds. The lowest BCUT2D eigenvalue weighted by molar-refractivity contribution is -0.136. The fourth-order valence-corrected chi connectivity index (χ4v) is 4.28. The Balaban J connectivity index is 1.80. The number of alkyl halides is 3. The molecule has 29 heavy (non-hydrogen) atoms. The van der Waals surface area contributed by atoms with Crippen LogP contribution in [0.3, 0.4) is 0 Å². The van der Waals surface area contributed by atoms with Gasteiger partial charge in [0.05, 0.1) is 17.7 Å². The monoisotopic (exact) mass is 402 g/mol. The van der Waals surface area contributed by atoms with E-state index in [2.05, 4.69) is 4.98 Å². The summed E-state index contributed by atoms with van der Waals surface area (Å²) < 4.78 is 40.5.